The van der Waals surface area contributed by atoms with Crippen molar-refractivity contribution in [3.63, 3.8) is 0 Å². The molecule has 0 heterocycles. The van der Waals surface area contributed by atoms with Gasteiger partial charge in [-0.2, -0.15) is 0 Å². The van der Waals surface area contributed by atoms with E-state index in [-0.39, 0.29) is 5.38 Å². The number of phenolic OH excluding ortho intramolecular Hbond substituents is 1. The van der Waals surface area contributed by atoms with Crippen molar-refractivity contribution in [2.24, 2.45) is 0 Å². The minimum Gasteiger partial charge on any atom is -0.507 e. The number of alkyl halides is 1. The van der Waals surface area contributed by atoms with Crippen LogP contribution in [0.15, 0.2) is 53.4 Å². The van der Waals surface area contributed by atoms with Crippen LogP contribution in [0.2, 0.25) is 0 Å². The molecule has 0 fully saturated rings. The maximum atomic E-state index is 9.73. The molecule has 2 aromatic rings. The number of phenols is 1. The summed E-state index contributed by atoms with van der Waals surface area (Å²) in [6, 6.07) is 16.5. The van der Waals surface area contributed by atoms with Crippen LogP contribution >= 0.6 is 23.4 Å². The molecule has 2 nitrogen and oxygen atoms in total. The number of aromatic hydroxyl groups is 1. The van der Waals surface area contributed by atoms with Gasteiger partial charge in [-0.05, 0) is 49.3 Å². The number of rotatable bonds is 8. The summed E-state index contributed by atoms with van der Waals surface area (Å²) >= 11 is 8.02. The molecule has 4 heteroatoms. The molecule has 0 saturated carbocycles. The highest BCUT2D eigenvalue weighted by Gasteiger charge is 2.12. The van der Waals surface area contributed by atoms with Crippen molar-refractivity contribution in [3.8, 4) is 5.75 Å². The van der Waals surface area contributed by atoms with E-state index in [4.69, 9.17) is 11.6 Å². The van der Waals surface area contributed by atoms with Crippen LogP contribution in [0.5, 0.6) is 5.75 Å². The molecule has 23 heavy (non-hydrogen) atoms. The molecule has 0 bridgehead atoms. The summed E-state index contributed by atoms with van der Waals surface area (Å²) in [5.41, 5.74) is 2.41. The number of nitrogens with one attached hydrogen (secondary N) is 1. The second-order valence-electron chi connectivity index (χ2n) is 5.73. The maximum absolute atomic E-state index is 9.73. The van der Waals surface area contributed by atoms with Gasteiger partial charge in [0, 0.05) is 17.5 Å². The number of thioether (sulfide) groups is 1. The van der Waals surface area contributed by atoms with Crippen molar-refractivity contribution in [3.05, 3.63) is 59.7 Å². The van der Waals surface area contributed by atoms with E-state index in [1.807, 2.05) is 24.5 Å². The van der Waals surface area contributed by atoms with Crippen molar-refractivity contribution in [1.82, 2.24) is 5.32 Å². The molecule has 0 amide bonds. The van der Waals surface area contributed by atoms with Crippen LogP contribution in [-0.2, 0) is 6.42 Å². The molecule has 2 N–H and O–H groups in total. The van der Waals surface area contributed by atoms with Crippen LogP contribution in [0.1, 0.15) is 29.8 Å². The molecule has 2 aromatic carbocycles. The number of hydrogen-bond acceptors (Lipinski definition) is 3. The van der Waals surface area contributed by atoms with Gasteiger partial charge in [-0.15, -0.1) is 23.4 Å². The molecular formula is C19H24ClNOS. The third-order valence-electron chi connectivity index (χ3n) is 3.92. The van der Waals surface area contributed by atoms with E-state index < -0.39 is 0 Å². The Labute approximate surface area is 148 Å². The lowest BCUT2D eigenvalue weighted by Crippen LogP contribution is -2.29. The van der Waals surface area contributed by atoms with Crippen molar-refractivity contribution in [2.45, 2.75) is 36.1 Å². The van der Waals surface area contributed by atoms with E-state index in [0.29, 0.717) is 11.8 Å². The second kappa shape index (κ2) is 9.21. The molecule has 2 unspecified atom stereocenters. The van der Waals surface area contributed by atoms with E-state index in [1.165, 1.54) is 17.3 Å². The summed E-state index contributed by atoms with van der Waals surface area (Å²) in [6.07, 6.45) is 4.10. The molecule has 2 atom stereocenters. The van der Waals surface area contributed by atoms with Gasteiger partial charge in [0.2, 0.25) is 0 Å². The highest BCUT2D eigenvalue weighted by Crippen LogP contribution is 2.31. The van der Waals surface area contributed by atoms with Gasteiger partial charge in [-0.25, -0.2) is 0 Å². The lowest BCUT2D eigenvalue weighted by atomic mass is 10.1. The minimum absolute atomic E-state index is 0.0966. The normalized spacial score (nSPS) is 13.7. The highest BCUT2D eigenvalue weighted by atomic mass is 35.5. The number of hydrogen-bond donors (Lipinski definition) is 2. The first-order valence-corrected chi connectivity index (χ1v) is 9.54. The predicted octanol–water partition coefficient (Wildman–Crippen LogP) is 5.00. The van der Waals surface area contributed by atoms with Crippen LogP contribution in [0, 0.1) is 0 Å². The Morgan fingerprint density at radius 3 is 2.61 bits per heavy atom. The topological polar surface area (TPSA) is 32.3 Å². The van der Waals surface area contributed by atoms with E-state index in [0.717, 1.165) is 29.8 Å². The van der Waals surface area contributed by atoms with E-state index in [1.54, 1.807) is 6.07 Å². The fourth-order valence-electron chi connectivity index (χ4n) is 2.44. The number of benzene rings is 2. The molecule has 0 aliphatic rings. The zero-order valence-electron chi connectivity index (χ0n) is 13.6. The Morgan fingerprint density at radius 1 is 1.17 bits per heavy atom. The van der Waals surface area contributed by atoms with Gasteiger partial charge in [0.1, 0.15) is 5.75 Å². The Bertz CT molecular complexity index is 606. The maximum Gasteiger partial charge on any atom is 0.129 e. The first-order valence-electron chi connectivity index (χ1n) is 7.88. The standard InChI is InChI=1S/C19H24ClNOS/c1-14(8-9-15-6-4-3-5-7-15)21-13-17(20)16-10-11-18(22)19(12-16)23-2/h3-7,10-12,14,17,21-22H,8-9,13H2,1-2H3. The van der Waals surface area contributed by atoms with Crippen LogP contribution in [0.25, 0.3) is 0 Å². The minimum atomic E-state index is -0.0966. The summed E-state index contributed by atoms with van der Waals surface area (Å²) in [5, 5.41) is 13.1. The largest absolute Gasteiger partial charge is 0.507 e. The average molecular weight is 350 g/mol. The fourth-order valence-corrected chi connectivity index (χ4v) is 3.20. The van der Waals surface area contributed by atoms with Crippen LogP contribution < -0.4 is 5.32 Å². The number of aryl methyl sites for hydroxylation is 1. The van der Waals surface area contributed by atoms with Gasteiger partial charge in [0.05, 0.1) is 5.38 Å². The zero-order chi connectivity index (χ0) is 16.7. The quantitative estimate of drug-likeness (QED) is 0.519. The van der Waals surface area contributed by atoms with Crippen LogP contribution in [0.3, 0.4) is 0 Å². The summed E-state index contributed by atoms with van der Waals surface area (Å²) in [5.74, 6) is 0.314. The van der Waals surface area contributed by atoms with E-state index in [9.17, 15) is 5.11 Å². The zero-order valence-corrected chi connectivity index (χ0v) is 15.2. The molecule has 0 saturated heterocycles. The summed E-state index contributed by atoms with van der Waals surface area (Å²) < 4.78 is 0. The SMILES string of the molecule is CSc1cc(C(Cl)CNC(C)CCc2ccccc2)ccc1O. The first-order chi connectivity index (χ1) is 11.1. The highest BCUT2D eigenvalue weighted by molar-refractivity contribution is 7.98. The summed E-state index contributed by atoms with van der Waals surface area (Å²) in [6.45, 7) is 2.91. The van der Waals surface area contributed by atoms with Crippen molar-refractivity contribution < 1.29 is 5.11 Å². The lowest BCUT2D eigenvalue weighted by molar-refractivity contribution is 0.461. The molecule has 0 radical (unpaired) electrons. The van der Waals surface area contributed by atoms with Gasteiger partial charge in [0.25, 0.3) is 0 Å². The lowest BCUT2D eigenvalue weighted by Gasteiger charge is -2.17. The molecule has 0 spiro atoms. The third-order valence-corrected chi connectivity index (χ3v) is 5.09. The fraction of sp³-hybridized carbons (Fsp3) is 0.368. The molecule has 0 aliphatic heterocycles. The average Bonchev–Trinajstić information content (AvgIpc) is 2.59. The smallest absolute Gasteiger partial charge is 0.129 e. The van der Waals surface area contributed by atoms with Crippen LogP contribution in [-0.4, -0.2) is 23.9 Å². The van der Waals surface area contributed by atoms with Gasteiger partial charge in [-0.3, -0.25) is 0 Å². The Balaban J connectivity index is 1.80. The Morgan fingerprint density at radius 2 is 1.91 bits per heavy atom. The Kier molecular flexibility index (Phi) is 7.28. The van der Waals surface area contributed by atoms with Crippen LogP contribution in [0.4, 0.5) is 0 Å². The van der Waals surface area contributed by atoms with Gasteiger partial charge < -0.3 is 10.4 Å². The van der Waals surface area contributed by atoms with E-state index >= 15 is 0 Å². The Hall–Kier alpha value is -1.16. The number of halogens is 1. The van der Waals surface area contributed by atoms with Gasteiger partial charge >= 0.3 is 0 Å². The monoisotopic (exact) mass is 349 g/mol. The second-order valence-corrected chi connectivity index (χ2v) is 7.11. The first kappa shape index (κ1) is 18.2. The predicted molar refractivity (Wildman–Crippen MR) is 101 cm³/mol. The van der Waals surface area contributed by atoms with Crippen molar-refractivity contribution in [1.29, 1.82) is 0 Å². The molecular weight excluding hydrogens is 326 g/mol. The van der Waals surface area contributed by atoms with Crippen molar-refractivity contribution >= 4 is 23.4 Å². The van der Waals surface area contributed by atoms with Gasteiger partial charge in [0.15, 0.2) is 0 Å². The molecule has 2 rings (SSSR count). The summed E-state index contributed by atoms with van der Waals surface area (Å²) in [7, 11) is 0. The molecule has 0 aliphatic carbocycles. The van der Waals surface area contributed by atoms with Gasteiger partial charge in [-0.1, -0.05) is 36.4 Å². The third kappa shape index (κ3) is 5.76. The van der Waals surface area contributed by atoms with E-state index in [2.05, 4.69) is 36.5 Å². The molecule has 0 aromatic heterocycles. The van der Waals surface area contributed by atoms with Crippen molar-refractivity contribution in [2.75, 3.05) is 12.8 Å². The molecule has 124 valence electrons. The summed E-state index contributed by atoms with van der Waals surface area (Å²) in [4.78, 5) is 0.866.